The Kier molecular flexibility index (Phi) is 7.86. The van der Waals surface area contributed by atoms with Crippen LogP contribution < -0.4 is 5.32 Å². The highest BCUT2D eigenvalue weighted by Gasteiger charge is 2.28. The van der Waals surface area contributed by atoms with Gasteiger partial charge in [-0.2, -0.15) is 0 Å². The van der Waals surface area contributed by atoms with Crippen LogP contribution in [-0.2, 0) is 9.84 Å². The Morgan fingerprint density at radius 2 is 2.00 bits per heavy atom. The van der Waals surface area contributed by atoms with Gasteiger partial charge in [-0.15, -0.1) is 6.58 Å². The predicted octanol–water partition coefficient (Wildman–Crippen LogP) is 1.67. The van der Waals surface area contributed by atoms with Crippen LogP contribution in [0.1, 0.15) is 33.6 Å². The molecule has 0 fully saturated rings. The predicted molar refractivity (Wildman–Crippen MR) is 87.0 cm³/mol. The fraction of sp³-hybridized carbons (Fsp3) is 0.786. The molecule has 0 bridgehead atoms. The number of rotatable bonds is 7. The topological polar surface area (TPSA) is 61.8 Å². The van der Waals surface area contributed by atoms with Crippen molar-refractivity contribution in [1.29, 1.82) is 0 Å². The summed E-state index contributed by atoms with van der Waals surface area (Å²) in [6.07, 6.45) is 3.85. The van der Waals surface area contributed by atoms with Crippen molar-refractivity contribution in [3.63, 3.8) is 0 Å². The van der Waals surface area contributed by atoms with E-state index in [0.29, 0.717) is 6.54 Å². The van der Waals surface area contributed by atoms with Crippen LogP contribution in [0.4, 0.5) is 0 Å². The summed E-state index contributed by atoms with van der Waals surface area (Å²) in [5, 5.41) is 3.10. The van der Waals surface area contributed by atoms with Gasteiger partial charge in [-0.25, -0.2) is 8.42 Å². The van der Waals surface area contributed by atoms with E-state index in [4.69, 9.17) is 0 Å². The van der Waals surface area contributed by atoms with Gasteiger partial charge in [-0.3, -0.25) is 4.99 Å². The number of nitrogens with one attached hydrogen (secondary N) is 1. The third-order valence-corrected chi connectivity index (χ3v) is 5.67. The molecule has 0 saturated heterocycles. The molecule has 0 aromatic carbocycles. The minimum Gasteiger partial charge on any atom is -0.355 e. The molecule has 0 amide bonds. The summed E-state index contributed by atoms with van der Waals surface area (Å²) >= 11 is 0. The van der Waals surface area contributed by atoms with Crippen LogP contribution in [-0.4, -0.2) is 57.0 Å². The van der Waals surface area contributed by atoms with E-state index < -0.39 is 14.6 Å². The maximum Gasteiger partial charge on any atom is 0.193 e. The summed E-state index contributed by atoms with van der Waals surface area (Å²) in [6.45, 7) is 10.1. The lowest BCUT2D eigenvalue weighted by Crippen LogP contribution is -2.43. The molecule has 0 radical (unpaired) electrons. The Hall–Kier alpha value is -1.04. The van der Waals surface area contributed by atoms with Crippen LogP contribution in [0.2, 0.25) is 0 Å². The quantitative estimate of drug-likeness (QED) is 0.336. The summed E-state index contributed by atoms with van der Waals surface area (Å²) in [5.41, 5.74) is 0. The lowest BCUT2D eigenvalue weighted by molar-refractivity contribution is 0.471. The summed E-state index contributed by atoms with van der Waals surface area (Å²) in [7, 11) is 0.543. The number of hydrogen-bond acceptors (Lipinski definition) is 3. The molecule has 0 rings (SSSR count). The number of guanidine groups is 1. The van der Waals surface area contributed by atoms with E-state index in [9.17, 15) is 8.42 Å². The lowest BCUT2D eigenvalue weighted by Gasteiger charge is -2.23. The molecule has 0 aliphatic carbocycles. The maximum atomic E-state index is 12.0. The Balaban J connectivity index is 4.31. The van der Waals surface area contributed by atoms with Crippen LogP contribution in [0.25, 0.3) is 0 Å². The second-order valence-electron chi connectivity index (χ2n) is 5.76. The molecule has 0 aromatic rings. The van der Waals surface area contributed by atoms with Crippen molar-refractivity contribution in [3.05, 3.63) is 12.7 Å². The molecule has 6 heteroatoms. The molecule has 5 nitrogen and oxygen atoms in total. The van der Waals surface area contributed by atoms with Gasteiger partial charge < -0.3 is 10.2 Å². The van der Waals surface area contributed by atoms with E-state index in [1.165, 1.54) is 0 Å². The first-order valence-electron chi connectivity index (χ1n) is 6.90. The van der Waals surface area contributed by atoms with Gasteiger partial charge in [0.15, 0.2) is 15.8 Å². The number of nitrogens with zero attached hydrogens (tertiary/aromatic N) is 2. The van der Waals surface area contributed by atoms with Crippen LogP contribution in [0.15, 0.2) is 17.6 Å². The summed E-state index contributed by atoms with van der Waals surface area (Å²) < 4.78 is 23.3. The molecule has 118 valence electrons. The summed E-state index contributed by atoms with van der Waals surface area (Å²) in [5.74, 6) is 0.828. The normalized spacial score (nSPS) is 13.2. The maximum absolute atomic E-state index is 12.0. The molecule has 0 heterocycles. The first kappa shape index (κ1) is 19.0. The molecule has 0 unspecified atom stereocenters. The molecule has 0 atom stereocenters. The molecular weight excluding hydrogens is 274 g/mol. The zero-order chi connectivity index (χ0) is 15.8. The van der Waals surface area contributed by atoms with Crippen LogP contribution in [0, 0.1) is 0 Å². The standard InChI is InChI=1S/C14H29N3O2S/c1-7-8-9-11-17(6)13(15-5)16-10-12-20(18,19)14(2,3)4/h7H,1,8-12H2,2-6H3,(H,15,16). The van der Waals surface area contributed by atoms with Gasteiger partial charge in [0.1, 0.15) is 0 Å². The second-order valence-corrected chi connectivity index (χ2v) is 8.62. The highest BCUT2D eigenvalue weighted by molar-refractivity contribution is 7.92. The largest absolute Gasteiger partial charge is 0.355 e. The second kappa shape index (κ2) is 8.29. The summed E-state index contributed by atoms with van der Waals surface area (Å²) in [6, 6.07) is 0. The van der Waals surface area contributed by atoms with Crippen molar-refractivity contribution < 1.29 is 8.42 Å². The number of aliphatic imine (C=N–C) groups is 1. The van der Waals surface area contributed by atoms with Crippen LogP contribution >= 0.6 is 0 Å². The molecule has 1 N–H and O–H groups in total. The number of sulfone groups is 1. The van der Waals surface area contributed by atoms with Crippen LogP contribution in [0.3, 0.4) is 0 Å². The fourth-order valence-electron chi connectivity index (χ4n) is 1.57. The highest BCUT2D eigenvalue weighted by atomic mass is 32.2. The number of hydrogen-bond donors (Lipinski definition) is 1. The monoisotopic (exact) mass is 303 g/mol. The first-order chi connectivity index (χ1) is 9.15. The molecule has 0 saturated carbocycles. The van der Waals surface area contributed by atoms with Gasteiger partial charge in [-0.1, -0.05) is 6.08 Å². The van der Waals surface area contributed by atoms with E-state index in [1.54, 1.807) is 27.8 Å². The van der Waals surface area contributed by atoms with E-state index in [2.05, 4.69) is 16.9 Å². The van der Waals surface area contributed by atoms with E-state index >= 15 is 0 Å². The smallest absolute Gasteiger partial charge is 0.193 e. The Bertz CT molecular complexity index is 422. The third-order valence-electron chi connectivity index (χ3n) is 3.06. The Labute approximate surface area is 124 Å². The number of unbranched alkanes of at least 4 members (excludes halogenated alkanes) is 1. The first-order valence-corrected chi connectivity index (χ1v) is 8.56. The van der Waals surface area contributed by atoms with Crippen molar-refractivity contribution >= 4 is 15.8 Å². The van der Waals surface area contributed by atoms with Gasteiger partial charge in [0.05, 0.1) is 10.5 Å². The van der Waals surface area contributed by atoms with Crippen molar-refractivity contribution in [2.24, 2.45) is 4.99 Å². The van der Waals surface area contributed by atoms with Gasteiger partial charge >= 0.3 is 0 Å². The molecule has 0 aliphatic rings. The third kappa shape index (κ3) is 6.41. The zero-order valence-electron chi connectivity index (χ0n) is 13.4. The molecule has 20 heavy (non-hydrogen) atoms. The minimum absolute atomic E-state index is 0.107. The van der Waals surface area contributed by atoms with Crippen LogP contribution in [0.5, 0.6) is 0 Å². The van der Waals surface area contributed by atoms with Gasteiger partial charge in [0.2, 0.25) is 0 Å². The fourth-order valence-corrected chi connectivity index (χ4v) is 2.55. The average molecular weight is 303 g/mol. The minimum atomic E-state index is -3.10. The van der Waals surface area contributed by atoms with E-state index in [-0.39, 0.29) is 5.75 Å². The molecular formula is C14H29N3O2S. The van der Waals surface area contributed by atoms with Gasteiger partial charge in [0, 0.05) is 27.2 Å². The SMILES string of the molecule is C=CCCCN(C)C(=NC)NCCS(=O)(=O)C(C)(C)C. The van der Waals surface area contributed by atoms with Crippen molar-refractivity contribution in [1.82, 2.24) is 10.2 Å². The molecule has 0 aliphatic heterocycles. The summed E-state index contributed by atoms with van der Waals surface area (Å²) in [4.78, 5) is 6.15. The van der Waals surface area contributed by atoms with Gasteiger partial charge in [-0.05, 0) is 33.6 Å². The Morgan fingerprint density at radius 3 is 2.45 bits per heavy atom. The van der Waals surface area contributed by atoms with Crippen molar-refractivity contribution in [3.8, 4) is 0 Å². The zero-order valence-corrected chi connectivity index (χ0v) is 14.3. The average Bonchev–Trinajstić information content (AvgIpc) is 2.33. The highest BCUT2D eigenvalue weighted by Crippen LogP contribution is 2.15. The Morgan fingerprint density at radius 1 is 1.40 bits per heavy atom. The van der Waals surface area contributed by atoms with Crippen molar-refractivity contribution in [2.75, 3.05) is 32.9 Å². The van der Waals surface area contributed by atoms with E-state index in [1.807, 2.05) is 18.0 Å². The van der Waals surface area contributed by atoms with E-state index in [0.717, 1.165) is 25.3 Å². The molecule has 0 aromatic heterocycles. The lowest BCUT2D eigenvalue weighted by atomic mass is 10.3. The van der Waals surface area contributed by atoms with Gasteiger partial charge in [0.25, 0.3) is 0 Å². The van der Waals surface area contributed by atoms with Crippen molar-refractivity contribution in [2.45, 2.75) is 38.4 Å². The molecule has 0 spiro atoms. The number of allylic oxidation sites excluding steroid dienone is 1.